The van der Waals surface area contributed by atoms with E-state index in [1.807, 2.05) is 20.8 Å². The van der Waals surface area contributed by atoms with Crippen molar-refractivity contribution in [3.63, 3.8) is 0 Å². The van der Waals surface area contributed by atoms with Gasteiger partial charge in [-0.05, 0) is 17.6 Å². The number of nitrogen functional groups attached to an aromatic ring is 1. The van der Waals surface area contributed by atoms with Crippen molar-refractivity contribution < 1.29 is 13.7 Å². The van der Waals surface area contributed by atoms with Crippen LogP contribution in [0.2, 0.25) is 0 Å². The second kappa shape index (κ2) is 10.0. The average Bonchev–Trinajstić information content (AvgIpc) is 3.27. The second-order valence-electron chi connectivity index (χ2n) is 8.56. The number of nitrogens with two attached hydrogens (primary N) is 2. The molecule has 10 heteroatoms. The highest BCUT2D eigenvalue weighted by atomic mass is 19.1. The van der Waals surface area contributed by atoms with Gasteiger partial charge in [-0.1, -0.05) is 44.1 Å². The first kappa shape index (κ1) is 23.6. The molecule has 0 fully saturated rings. The van der Waals surface area contributed by atoms with Gasteiger partial charge in [0.25, 0.3) is 0 Å². The van der Waals surface area contributed by atoms with Crippen molar-refractivity contribution in [1.29, 1.82) is 0 Å². The molecule has 0 atom stereocenters. The fourth-order valence-corrected chi connectivity index (χ4v) is 2.86. The third kappa shape index (κ3) is 6.70. The summed E-state index contributed by atoms with van der Waals surface area (Å²) in [6, 6.07) is 7.95. The molecule has 0 bridgehead atoms. The predicted molar refractivity (Wildman–Crippen MR) is 124 cm³/mol. The summed E-state index contributed by atoms with van der Waals surface area (Å²) in [5.74, 6) is -0.339. The minimum Gasteiger partial charge on any atom is -0.396 e. The van der Waals surface area contributed by atoms with Crippen LogP contribution in [0.5, 0.6) is 0 Å². The Hall–Kier alpha value is -4.08. The van der Waals surface area contributed by atoms with Gasteiger partial charge in [0.05, 0.1) is 24.2 Å². The van der Waals surface area contributed by atoms with Gasteiger partial charge in [0.1, 0.15) is 23.5 Å². The Bertz CT molecular complexity index is 1180. The summed E-state index contributed by atoms with van der Waals surface area (Å²) in [7, 11) is 0. The number of anilines is 2. The predicted octanol–water partition coefficient (Wildman–Crippen LogP) is 3.55. The van der Waals surface area contributed by atoms with Crippen LogP contribution in [-0.2, 0) is 11.3 Å². The van der Waals surface area contributed by atoms with E-state index in [2.05, 4.69) is 25.4 Å². The minimum absolute atomic E-state index is 0.0698. The van der Waals surface area contributed by atoms with Crippen LogP contribution in [0.15, 0.2) is 58.4 Å². The van der Waals surface area contributed by atoms with Gasteiger partial charge >= 0.3 is 0 Å². The van der Waals surface area contributed by atoms with E-state index in [1.54, 1.807) is 24.3 Å². The van der Waals surface area contributed by atoms with E-state index in [9.17, 15) is 9.18 Å². The van der Waals surface area contributed by atoms with Crippen molar-refractivity contribution in [2.45, 2.75) is 33.7 Å². The number of carbonyl (C=O) groups excluding carboxylic acids is 1. The Labute approximate surface area is 190 Å². The molecule has 2 heterocycles. The molecule has 1 amide bonds. The number of carbonyl (C=O) groups is 1. The van der Waals surface area contributed by atoms with Crippen molar-refractivity contribution in [2.24, 2.45) is 16.1 Å². The zero-order chi connectivity index (χ0) is 24.0. The van der Waals surface area contributed by atoms with Crippen LogP contribution >= 0.6 is 0 Å². The molecule has 0 spiro atoms. The lowest BCUT2D eigenvalue weighted by molar-refractivity contribution is -0.117. The number of halogens is 1. The van der Waals surface area contributed by atoms with Crippen molar-refractivity contribution in [3.8, 4) is 0 Å². The minimum atomic E-state index is -0.363. The Kier molecular flexibility index (Phi) is 7.17. The Morgan fingerprint density at radius 2 is 2.03 bits per heavy atom. The fraction of sp³-hybridized carbons (Fsp3) is 0.261. The maximum Gasteiger partial charge on any atom is 0.225 e. The number of hydrogen-bond donors (Lipinski definition) is 3. The zero-order valence-corrected chi connectivity index (χ0v) is 18.7. The number of hydrogen-bond acceptors (Lipinski definition) is 8. The normalized spacial score (nSPS) is 12.6. The third-order valence-electron chi connectivity index (χ3n) is 4.41. The highest BCUT2D eigenvalue weighted by molar-refractivity contribution is 6.10. The van der Waals surface area contributed by atoms with Gasteiger partial charge in [0.15, 0.2) is 11.6 Å². The van der Waals surface area contributed by atoms with Crippen LogP contribution in [0.25, 0.3) is 5.70 Å². The standard InChI is InChI=1S/C23H26FN7O2/c1-23(2,3)11-20(32)29-19-13-28-22(30-21(19)26)16(25)10-18(17-8-9-33-31-17)27-12-14-6-4-5-7-15(14)24/h4-10,13H,11-12,25H2,1-3H3,(H,29,32)(H2,26,28,30). The summed E-state index contributed by atoms with van der Waals surface area (Å²) in [5, 5.41) is 6.59. The molecule has 0 saturated carbocycles. The molecule has 172 valence electrons. The molecular weight excluding hydrogens is 425 g/mol. The number of aromatic nitrogens is 3. The molecule has 0 aliphatic rings. The van der Waals surface area contributed by atoms with Gasteiger partial charge in [0, 0.05) is 18.1 Å². The van der Waals surface area contributed by atoms with Crippen LogP contribution in [0, 0.1) is 11.2 Å². The van der Waals surface area contributed by atoms with Gasteiger partial charge in [-0.3, -0.25) is 9.79 Å². The molecule has 1 aromatic carbocycles. The van der Waals surface area contributed by atoms with E-state index < -0.39 is 0 Å². The first-order valence-electron chi connectivity index (χ1n) is 10.2. The Morgan fingerprint density at radius 3 is 2.67 bits per heavy atom. The van der Waals surface area contributed by atoms with Crippen LogP contribution < -0.4 is 16.8 Å². The molecule has 0 aliphatic heterocycles. The van der Waals surface area contributed by atoms with Crippen LogP contribution in [0.4, 0.5) is 15.9 Å². The van der Waals surface area contributed by atoms with Crippen molar-refractivity contribution in [3.05, 3.63) is 71.8 Å². The number of allylic oxidation sites excluding steroid dienone is 1. The molecule has 5 N–H and O–H groups in total. The SMILES string of the molecule is CC(C)(C)CC(=O)Nc1cnc(C(N)=CC(=NCc2ccccc2F)c2ccon2)nc1N. The van der Waals surface area contributed by atoms with Crippen molar-refractivity contribution >= 4 is 28.8 Å². The monoisotopic (exact) mass is 451 g/mol. The van der Waals surface area contributed by atoms with Gasteiger partial charge in [-0.25, -0.2) is 14.4 Å². The van der Waals surface area contributed by atoms with Crippen LogP contribution in [0.1, 0.15) is 44.3 Å². The first-order valence-corrected chi connectivity index (χ1v) is 10.2. The highest BCUT2D eigenvalue weighted by Crippen LogP contribution is 2.22. The van der Waals surface area contributed by atoms with E-state index in [-0.39, 0.29) is 41.0 Å². The molecule has 0 aliphatic carbocycles. The van der Waals surface area contributed by atoms with E-state index in [4.69, 9.17) is 16.0 Å². The van der Waals surface area contributed by atoms with Gasteiger partial charge < -0.3 is 21.3 Å². The lowest BCUT2D eigenvalue weighted by Crippen LogP contribution is -2.21. The first-order chi connectivity index (χ1) is 15.6. The molecule has 9 nitrogen and oxygen atoms in total. The molecule has 3 aromatic rings. The van der Waals surface area contributed by atoms with Crippen molar-refractivity contribution in [2.75, 3.05) is 11.1 Å². The van der Waals surface area contributed by atoms with E-state index in [0.29, 0.717) is 29.1 Å². The number of rotatable bonds is 7. The molecule has 33 heavy (non-hydrogen) atoms. The van der Waals surface area contributed by atoms with Gasteiger partial charge in [-0.2, -0.15) is 0 Å². The average molecular weight is 452 g/mol. The second-order valence-corrected chi connectivity index (χ2v) is 8.56. The molecule has 3 rings (SSSR count). The summed E-state index contributed by atoms with van der Waals surface area (Å²) >= 11 is 0. The topological polar surface area (TPSA) is 145 Å². The number of amides is 1. The maximum atomic E-state index is 14.0. The quantitative estimate of drug-likeness (QED) is 0.466. The van der Waals surface area contributed by atoms with E-state index in [1.165, 1.54) is 24.6 Å². The van der Waals surface area contributed by atoms with E-state index in [0.717, 1.165) is 0 Å². The lowest BCUT2D eigenvalue weighted by Gasteiger charge is -2.17. The molecule has 0 saturated heterocycles. The third-order valence-corrected chi connectivity index (χ3v) is 4.41. The molecule has 0 unspecified atom stereocenters. The fourth-order valence-electron chi connectivity index (χ4n) is 2.86. The van der Waals surface area contributed by atoms with Crippen LogP contribution in [-0.4, -0.2) is 26.7 Å². The summed E-state index contributed by atoms with van der Waals surface area (Å²) < 4.78 is 18.9. The molecular formula is C23H26FN7O2. The number of benzene rings is 1. The number of nitrogens with one attached hydrogen (secondary N) is 1. The number of aliphatic imine (C=N–C) groups is 1. The number of nitrogens with zero attached hydrogens (tertiary/aromatic N) is 4. The van der Waals surface area contributed by atoms with E-state index >= 15 is 0 Å². The zero-order valence-electron chi connectivity index (χ0n) is 18.7. The lowest BCUT2D eigenvalue weighted by atomic mass is 9.92. The Balaban J connectivity index is 1.84. The largest absolute Gasteiger partial charge is 0.396 e. The molecule has 0 radical (unpaired) electrons. The molecule has 2 aromatic heterocycles. The van der Waals surface area contributed by atoms with Gasteiger partial charge in [0.2, 0.25) is 5.91 Å². The summed E-state index contributed by atoms with van der Waals surface area (Å²) in [6.45, 7) is 5.95. The summed E-state index contributed by atoms with van der Waals surface area (Å²) in [5.41, 5.74) is 13.6. The summed E-state index contributed by atoms with van der Waals surface area (Å²) in [6.07, 6.45) is 4.60. The van der Waals surface area contributed by atoms with Crippen LogP contribution in [0.3, 0.4) is 0 Å². The van der Waals surface area contributed by atoms with Gasteiger partial charge in [-0.15, -0.1) is 0 Å². The highest BCUT2D eigenvalue weighted by Gasteiger charge is 2.17. The summed E-state index contributed by atoms with van der Waals surface area (Å²) in [4.78, 5) is 25.0. The smallest absolute Gasteiger partial charge is 0.225 e. The van der Waals surface area contributed by atoms with Crippen molar-refractivity contribution in [1.82, 2.24) is 15.1 Å². The maximum absolute atomic E-state index is 14.0. The Morgan fingerprint density at radius 1 is 1.27 bits per heavy atom.